The molecule has 29 valence electrons. The van der Waals surface area contributed by atoms with Crippen LogP contribution in [0.5, 0.6) is 0 Å². The molecule has 1 nitrogen and oxygen atoms in total. The molecule has 0 bridgehead atoms. The second-order valence-corrected chi connectivity index (χ2v) is 0.662. The van der Waals surface area contributed by atoms with E-state index in [0.29, 0.717) is 0 Å². The fraction of sp³-hybridized carbons (Fsp3) is 0.333. The highest BCUT2D eigenvalue weighted by Crippen LogP contribution is 1.83. The van der Waals surface area contributed by atoms with E-state index in [0.717, 1.165) is 0 Å². The van der Waals surface area contributed by atoms with E-state index >= 15 is 0 Å². The van der Waals surface area contributed by atoms with Crippen LogP contribution in [0.25, 0.3) is 0 Å². The molecule has 0 saturated carbocycles. The second-order valence-electron chi connectivity index (χ2n) is 0.662. The number of halogens is 1. The Kier molecular flexibility index (Phi) is 1.76. The van der Waals surface area contributed by atoms with E-state index in [-0.39, 0.29) is 0 Å². The van der Waals surface area contributed by atoms with Gasteiger partial charge in [-0.2, -0.15) is 0 Å². The van der Waals surface area contributed by atoms with Crippen molar-refractivity contribution < 1.29 is 9.50 Å². The molecule has 0 fully saturated rings. The Morgan fingerprint density at radius 3 is 2.20 bits per heavy atom. The Hall–Kier alpha value is -0.370. The van der Waals surface area contributed by atoms with E-state index in [4.69, 9.17) is 5.11 Å². The van der Waals surface area contributed by atoms with Gasteiger partial charge in [0.25, 0.3) is 0 Å². The standard InChI is InChI=1S/C3H4FO/c1-3(4)2-5/h1-2H2. The summed E-state index contributed by atoms with van der Waals surface area (Å²) in [6, 6.07) is 0. The lowest BCUT2D eigenvalue weighted by molar-refractivity contribution is 0.202. The normalized spacial score (nSPS) is 7.60. The van der Waals surface area contributed by atoms with Gasteiger partial charge in [-0.25, -0.2) is 9.50 Å². The number of rotatable bonds is 1. The third-order valence-electron chi connectivity index (χ3n) is 0.157. The molecule has 0 atom stereocenters. The first kappa shape index (κ1) is 4.63. The lowest BCUT2D eigenvalue weighted by Crippen LogP contribution is -1.71. The Labute approximate surface area is 29.7 Å². The van der Waals surface area contributed by atoms with Gasteiger partial charge in [-0.1, -0.05) is 6.58 Å². The summed E-state index contributed by atoms with van der Waals surface area (Å²) in [4.78, 5) is 0. The van der Waals surface area contributed by atoms with Gasteiger partial charge < -0.3 is 0 Å². The van der Waals surface area contributed by atoms with Crippen molar-refractivity contribution in [2.24, 2.45) is 0 Å². The maximum absolute atomic E-state index is 10.9. The van der Waals surface area contributed by atoms with Crippen molar-refractivity contribution >= 4 is 0 Å². The zero-order valence-electron chi connectivity index (χ0n) is 2.70. The van der Waals surface area contributed by atoms with Crippen LogP contribution in [0.3, 0.4) is 0 Å². The second kappa shape index (κ2) is 1.91. The zero-order chi connectivity index (χ0) is 4.28. The first-order valence-corrected chi connectivity index (χ1v) is 1.18. The molecule has 0 rings (SSSR count). The molecule has 0 amide bonds. The van der Waals surface area contributed by atoms with Crippen molar-refractivity contribution in [2.45, 2.75) is 0 Å². The highest BCUT2D eigenvalue weighted by atomic mass is 19.1. The first-order chi connectivity index (χ1) is 2.27. The van der Waals surface area contributed by atoms with Crippen LogP contribution in [0.15, 0.2) is 12.4 Å². The maximum atomic E-state index is 10.9. The average molecular weight is 75.1 g/mol. The van der Waals surface area contributed by atoms with Gasteiger partial charge in [-0.15, -0.1) is 0 Å². The van der Waals surface area contributed by atoms with Crippen molar-refractivity contribution in [3.8, 4) is 0 Å². The summed E-state index contributed by atoms with van der Waals surface area (Å²) in [5.41, 5.74) is 0. The summed E-state index contributed by atoms with van der Waals surface area (Å²) < 4.78 is 10.9. The molecule has 0 aliphatic rings. The van der Waals surface area contributed by atoms with Crippen LogP contribution in [0.2, 0.25) is 0 Å². The molecule has 2 heteroatoms. The van der Waals surface area contributed by atoms with Crippen LogP contribution >= 0.6 is 0 Å². The van der Waals surface area contributed by atoms with Crippen molar-refractivity contribution in [1.82, 2.24) is 0 Å². The van der Waals surface area contributed by atoms with Gasteiger partial charge in [0.2, 0.25) is 0 Å². The van der Waals surface area contributed by atoms with Gasteiger partial charge >= 0.3 is 0 Å². The van der Waals surface area contributed by atoms with Crippen LogP contribution in [-0.4, -0.2) is 6.61 Å². The molecule has 0 aromatic heterocycles. The number of hydrogen-bond acceptors (Lipinski definition) is 0. The highest BCUT2D eigenvalue weighted by molar-refractivity contribution is 4.76. The largest absolute Gasteiger partial charge is 0.229 e. The molecule has 5 heavy (non-hydrogen) atoms. The molecule has 1 radical (unpaired) electrons. The molecule has 0 heterocycles. The van der Waals surface area contributed by atoms with Crippen LogP contribution in [0.1, 0.15) is 0 Å². The van der Waals surface area contributed by atoms with Crippen LogP contribution in [0, 0.1) is 0 Å². The molecule has 0 aromatic carbocycles. The van der Waals surface area contributed by atoms with Crippen molar-refractivity contribution in [3.63, 3.8) is 0 Å². The van der Waals surface area contributed by atoms with E-state index in [1.54, 1.807) is 0 Å². The molecular formula is C3H4FO. The van der Waals surface area contributed by atoms with Crippen LogP contribution < -0.4 is 0 Å². The monoisotopic (exact) mass is 75.0 g/mol. The van der Waals surface area contributed by atoms with Crippen LogP contribution in [0.4, 0.5) is 4.39 Å². The Balaban J connectivity index is 2.85. The van der Waals surface area contributed by atoms with E-state index < -0.39 is 12.4 Å². The highest BCUT2D eigenvalue weighted by Gasteiger charge is 1.78. The molecular weight excluding hydrogens is 71.0 g/mol. The Morgan fingerprint density at radius 2 is 2.20 bits per heavy atom. The molecule has 0 unspecified atom stereocenters. The van der Waals surface area contributed by atoms with E-state index in [1.807, 2.05) is 0 Å². The summed E-state index contributed by atoms with van der Waals surface area (Å²) >= 11 is 0. The van der Waals surface area contributed by atoms with E-state index in [1.165, 1.54) is 0 Å². The summed E-state index contributed by atoms with van der Waals surface area (Å²) in [6.45, 7) is 1.89. The minimum absolute atomic E-state index is 0.801. The molecule has 0 aliphatic heterocycles. The predicted octanol–water partition coefficient (Wildman–Crippen LogP) is 0.900. The summed E-state index contributed by atoms with van der Waals surface area (Å²) in [6.07, 6.45) is 0. The molecule has 0 aromatic rings. The Bertz CT molecular complexity index is 42.2. The predicted molar refractivity (Wildman–Crippen MR) is 15.8 cm³/mol. The van der Waals surface area contributed by atoms with Gasteiger partial charge in [0.1, 0.15) is 12.4 Å². The first-order valence-electron chi connectivity index (χ1n) is 1.18. The summed E-state index contributed by atoms with van der Waals surface area (Å²) in [5, 5.41) is 9.16. The van der Waals surface area contributed by atoms with Crippen molar-refractivity contribution in [3.05, 3.63) is 12.4 Å². The fourth-order valence-corrected chi connectivity index (χ4v) is 0. The summed E-state index contributed by atoms with van der Waals surface area (Å²) in [5.74, 6) is -0.801. The lowest BCUT2D eigenvalue weighted by Gasteiger charge is -1.71. The minimum Gasteiger partial charge on any atom is -0.229 e. The van der Waals surface area contributed by atoms with Gasteiger partial charge in [-0.3, -0.25) is 0 Å². The molecule has 0 saturated heterocycles. The average Bonchev–Trinajstić information content (AvgIpc) is 1.38. The van der Waals surface area contributed by atoms with Crippen LogP contribution in [-0.2, 0) is 5.11 Å². The quantitative estimate of drug-likeness (QED) is 0.441. The molecule has 0 aliphatic carbocycles. The molecule has 0 spiro atoms. The fourth-order valence-electron chi connectivity index (χ4n) is 0. The van der Waals surface area contributed by atoms with Gasteiger partial charge in [-0.05, 0) is 0 Å². The van der Waals surface area contributed by atoms with Crippen molar-refractivity contribution in [2.75, 3.05) is 6.61 Å². The molecule has 0 N–H and O–H groups in total. The van der Waals surface area contributed by atoms with E-state index in [9.17, 15) is 4.39 Å². The van der Waals surface area contributed by atoms with Gasteiger partial charge in [0, 0.05) is 0 Å². The Morgan fingerprint density at radius 1 is 2.00 bits per heavy atom. The minimum atomic E-state index is -0.806. The lowest BCUT2D eigenvalue weighted by atomic mass is 10.7. The SMILES string of the molecule is C=C(F)C[O]. The number of hydrogen-bond donors (Lipinski definition) is 0. The third kappa shape index (κ3) is 3.63. The zero-order valence-corrected chi connectivity index (χ0v) is 2.70. The summed E-state index contributed by atoms with van der Waals surface area (Å²) in [7, 11) is 0. The van der Waals surface area contributed by atoms with Crippen molar-refractivity contribution in [1.29, 1.82) is 0 Å². The third-order valence-corrected chi connectivity index (χ3v) is 0.157. The smallest absolute Gasteiger partial charge is 0.133 e. The topological polar surface area (TPSA) is 19.9 Å². The van der Waals surface area contributed by atoms with Gasteiger partial charge in [0.15, 0.2) is 0 Å². The van der Waals surface area contributed by atoms with Gasteiger partial charge in [0.05, 0.1) is 0 Å². The maximum Gasteiger partial charge on any atom is 0.133 e. The van der Waals surface area contributed by atoms with E-state index in [2.05, 4.69) is 6.58 Å².